The van der Waals surface area contributed by atoms with Crippen LogP contribution in [0, 0.1) is 0 Å². The Morgan fingerprint density at radius 3 is 2.48 bits per heavy atom. The van der Waals surface area contributed by atoms with Crippen molar-refractivity contribution >= 4 is 5.91 Å². The van der Waals surface area contributed by atoms with Crippen LogP contribution >= 0.6 is 0 Å². The van der Waals surface area contributed by atoms with Gasteiger partial charge in [0, 0.05) is 6.54 Å². The average molecular weight is 285 g/mol. The van der Waals surface area contributed by atoms with Crippen molar-refractivity contribution in [1.29, 1.82) is 0 Å². The van der Waals surface area contributed by atoms with E-state index in [9.17, 15) is 4.79 Å². The van der Waals surface area contributed by atoms with Crippen LogP contribution in [-0.2, 0) is 24.4 Å². The van der Waals surface area contributed by atoms with E-state index in [-0.39, 0.29) is 12.5 Å². The fourth-order valence-electron chi connectivity index (χ4n) is 2.03. The van der Waals surface area contributed by atoms with E-state index in [4.69, 9.17) is 9.84 Å². The molecule has 0 aliphatic carbocycles. The number of ether oxygens (including phenoxy) is 1. The zero-order chi connectivity index (χ0) is 15.1. The van der Waals surface area contributed by atoms with Crippen LogP contribution in [0.5, 0.6) is 5.75 Å². The molecule has 2 rings (SSSR count). The van der Waals surface area contributed by atoms with E-state index in [0.717, 1.165) is 22.4 Å². The number of benzene rings is 2. The Morgan fingerprint density at radius 1 is 1.10 bits per heavy atom. The van der Waals surface area contributed by atoms with Crippen molar-refractivity contribution in [2.45, 2.75) is 19.6 Å². The maximum atomic E-state index is 11.9. The minimum Gasteiger partial charge on any atom is -0.497 e. The lowest BCUT2D eigenvalue weighted by Crippen LogP contribution is -2.24. The molecular formula is C17H19NO3. The van der Waals surface area contributed by atoms with Crippen LogP contribution in [0.1, 0.15) is 16.7 Å². The normalized spacial score (nSPS) is 10.2. The molecule has 4 nitrogen and oxygen atoms in total. The van der Waals surface area contributed by atoms with Crippen molar-refractivity contribution in [3.63, 3.8) is 0 Å². The molecule has 2 aromatic carbocycles. The van der Waals surface area contributed by atoms with E-state index in [1.165, 1.54) is 0 Å². The molecule has 0 unspecified atom stereocenters. The summed E-state index contributed by atoms with van der Waals surface area (Å²) in [6.45, 7) is 0.469. The second-order valence-corrected chi connectivity index (χ2v) is 4.78. The zero-order valence-corrected chi connectivity index (χ0v) is 12.0. The second kappa shape index (κ2) is 7.45. The van der Waals surface area contributed by atoms with Gasteiger partial charge in [-0.15, -0.1) is 0 Å². The zero-order valence-electron chi connectivity index (χ0n) is 12.0. The van der Waals surface area contributed by atoms with Crippen LogP contribution < -0.4 is 10.1 Å². The largest absolute Gasteiger partial charge is 0.497 e. The molecule has 0 atom stereocenters. The molecule has 0 saturated heterocycles. The lowest BCUT2D eigenvalue weighted by atomic mass is 10.1. The first-order valence-corrected chi connectivity index (χ1v) is 6.79. The SMILES string of the molecule is COc1ccc(CC(=O)NCc2cccc(CO)c2)cc1. The van der Waals surface area contributed by atoms with Gasteiger partial charge in [0.25, 0.3) is 0 Å². The number of amides is 1. The Kier molecular flexibility index (Phi) is 5.35. The first-order chi connectivity index (χ1) is 10.2. The van der Waals surface area contributed by atoms with E-state index < -0.39 is 0 Å². The molecule has 4 heteroatoms. The standard InChI is InChI=1S/C17H19NO3/c1-21-16-7-5-13(6-8-16)10-17(20)18-11-14-3-2-4-15(9-14)12-19/h2-9,19H,10-12H2,1H3,(H,18,20). The summed E-state index contributed by atoms with van der Waals surface area (Å²) in [7, 11) is 1.61. The fraction of sp³-hybridized carbons (Fsp3) is 0.235. The van der Waals surface area contributed by atoms with Gasteiger partial charge in [-0.05, 0) is 28.8 Å². The summed E-state index contributed by atoms with van der Waals surface area (Å²) in [5.41, 5.74) is 2.76. The summed E-state index contributed by atoms with van der Waals surface area (Å²) >= 11 is 0. The Bertz CT molecular complexity index is 593. The lowest BCUT2D eigenvalue weighted by Gasteiger charge is -2.07. The Hall–Kier alpha value is -2.33. The Labute approximate surface area is 124 Å². The molecule has 0 spiro atoms. The molecule has 0 aromatic heterocycles. The molecule has 2 aromatic rings. The molecule has 0 bridgehead atoms. The molecule has 1 amide bonds. The molecule has 0 aliphatic rings. The minimum absolute atomic E-state index is 0.00757. The van der Waals surface area contributed by atoms with Gasteiger partial charge in [0.15, 0.2) is 0 Å². The Morgan fingerprint density at radius 2 is 1.81 bits per heavy atom. The number of methoxy groups -OCH3 is 1. The number of nitrogens with one attached hydrogen (secondary N) is 1. The van der Waals surface area contributed by atoms with E-state index in [0.29, 0.717) is 13.0 Å². The highest BCUT2D eigenvalue weighted by Gasteiger charge is 2.04. The van der Waals surface area contributed by atoms with Crippen LogP contribution in [0.3, 0.4) is 0 Å². The van der Waals surface area contributed by atoms with Crippen LogP contribution in [0.2, 0.25) is 0 Å². The number of aliphatic hydroxyl groups is 1. The highest BCUT2D eigenvalue weighted by atomic mass is 16.5. The van der Waals surface area contributed by atoms with Crippen molar-refractivity contribution in [2.24, 2.45) is 0 Å². The monoisotopic (exact) mass is 285 g/mol. The van der Waals surface area contributed by atoms with Crippen LogP contribution in [0.4, 0.5) is 0 Å². The first kappa shape index (κ1) is 15.1. The van der Waals surface area contributed by atoms with E-state index >= 15 is 0 Å². The number of aliphatic hydroxyl groups excluding tert-OH is 1. The van der Waals surface area contributed by atoms with Crippen LogP contribution in [0.15, 0.2) is 48.5 Å². The smallest absolute Gasteiger partial charge is 0.224 e. The van der Waals surface area contributed by atoms with Crippen molar-refractivity contribution in [3.8, 4) is 5.75 Å². The number of hydrogen-bond acceptors (Lipinski definition) is 3. The van der Waals surface area contributed by atoms with Gasteiger partial charge in [-0.3, -0.25) is 4.79 Å². The average Bonchev–Trinajstić information content (AvgIpc) is 2.54. The molecule has 110 valence electrons. The highest BCUT2D eigenvalue weighted by Crippen LogP contribution is 2.11. The lowest BCUT2D eigenvalue weighted by molar-refractivity contribution is -0.120. The molecule has 0 aliphatic heterocycles. The molecule has 0 fully saturated rings. The van der Waals surface area contributed by atoms with Gasteiger partial charge >= 0.3 is 0 Å². The fourth-order valence-corrected chi connectivity index (χ4v) is 2.03. The second-order valence-electron chi connectivity index (χ2n) is 4.78. The summed E-state index contributed by atoms with van der Waals surface area (Å²) in [6, 6.07) is 15.0. The van der Waals surface area contributed by atoms with Crippen molar-refractivity contribution in [3.05, 3.63) is 65.2 Å². The maximum absolute atomic E-state index is 11.9. The predicted molar refractivity (Wildman–Crippen MR) is 80.9 cm³/mol. The van der Waals surface area contributed by atoms with Gasteiger partial charge < -0.3 is 15.2 Å². The van der Waals surface area contributed by atoms with Crippen molar-refractivity contribution in [1.82, 2.24) is 5.32 Å². The van der Waals surface area contributed by atoms with Crippen LogP contribution in [0.25, 0.3) is 0 Å². The summed E-state index contributed by atoms with van der Waals surface area (Å²) in [4.78, 5) is 11.9. The molecule has 0 radical (unpaired) electrons. The number of hydrogen-bond donors (Lipinski definition) is 2. The molecule has 0 saturated carbocycles. The molecule has 0 heterocycles. The third-order valence-electron chi connectivity index (χ3n) is 3.19. The third-order valence-corrected chi connectivity index (χ3v) is 3.19. The number of rotatable bonds is 6. The summed E-state index contributed by atoms with van der Waals surface area (Å²) < 4.78 is 5.08. The van der Waals surface area contributed by atoms with Gasteiger partial charge in [-0.2, -0.15) is 0 Å². The molecule has 2 N–H and O–H groups in total. The van der Waals surface area contributed by atoms with Crippen LogP contribution in [-0.4, -0.2) is 18.1 Å². The Balaban J connectivity index is 1.86. The maximum Gasteiger partial charge on any atom is 0.224 e. The number of carbonyl (C=O) groups excluding carboxylic acids is 1. The summed E-state index contributed by atoms with van der Waals surface area (Å²) in [6.07, 6.45) is 0.337. The van der Waals surface area contributed by atoms with Crippen molar-refractivity contribution in [2.75, 3.05) is 7.11 Å². The summed E-state index contributed by atoms with van der Waals surface area (Å²) in [5.74, 6) is 0.745. The van der Waals surface area contributed by atoms with Gasteiger partial charge in [-0.1, -0.05) is 36.4 Å². The first-order valence-electron chi connectivity index (χ1n) is 6.79. The van der Waals surface area contributed by atoms with Gasteiger partial charge in [-0.25, -0.2) is 0 Å². The molecular weight excluding hydrogens is 266 g/mol. The third kappa shape index (κ3) is 4.61. The van der Waals surface area contributed by atoms with E-state index in [2.05, 4.69) is 5.32 Å². The van der Waals surface area contributed by atoms with Gasteiger partial charge in [0.1, 0.15) is 5.75 Å². The van der Waals surface area contributed by atoms with E-state index in [1.807, 2.05) is 48.5 Å². The van der Waals surface area contributed by atoms with Crippen molar-refractivity contribution < 1.29 is 14.6 Å². The quantitative estimate of drug-likeness (QED) is 0.854. The van der Waals surface area contributed by atoms with E-state index in [1.54, 1.807) is 7.11 Å². The molecule has 21 heavy (non-hydrogen) atoms. The number of carbonyl (C=O) groups is 1. The van der Waals surface area contributed by atoms with Gasteiger partial charge in [0.05, 0.1) is 20.1 Å². The summed E-state index contributed by atoms with van der Waals surface area (Å²) in [5, 5.41) is 12.0. The minimum atomic E-state index is -0.0328. The highest BCUT2D eigenvalue weighted by molar-refractivity contribution is 5.78. The predicted octanol–water partition coefficient (Wildman–Crippen LogP) is 2.05. The topological polar surface area (TPSA) is 58.6 Å². The van der Waals surface area contributed by atoms with Gasteiger partial charge in [0.2, 0.25) is 5.91 Å².